The van der Waals surface area contributed by atoms with Gasteiger partial charge in [-0.2, -0.15) is 9.40 Å². The van der Waals surface area contributed by atoms with Gasteiger partial charge in [0, 0.05) is 19.3 Å². The van der Waals surface area contributed by atoms with E-state index in [1.54, 1.807) is 4.31 Å². The standard InChI is InChI=1S/C10H17N3O2S/c1-2-9-3-5-13(6-4-9)16(14,15)10-7-11-12-8-10/h7-9H,2-6H2,1H3,(H,11,12). The molecule has 0 aromatic carbocycles. The van der Waals surface area contributed by atoms with E-state index in [1.165, 1.54) is 12.4 Å². The van der Waals surface area contributed by atoms with Gasteiger partial charge in [-0.25, -0.2) is 8.42 Å². The summed E-state index contributed by atoms with van der Waals surface area (Å²) in [6.07, 6.45) is 5.86. The molecule has 1 aromatic heterocycles. The lowest BCUT2D eigenvalue weighted by molar-refractivity contribution is 0.269. The Bertz CT molecular complexity index is 419. The number of aromatic amines is 1. The van der Waals surface area contributed by atoms with E-state index in [0.717, 1.165) is 19.3 Å². The molecule has 2 heterocycles. The van der Waals surface area contributed by atoms with E-state index in [1.807, 2.05) is 0 Å². The normalized spacial score (nSPS) is 20.1. The fourth-order valence-corrected chi connectivity index (χ4v) is 3.46. The van der Waals surface area contributed by atoms with Crippen LogP contribution in [-0.2, 0) is 10.0 Å². The minimum Gasteiger partial charge on any atom is -0.284 e. The van der Waals surface area contributed by atoms with Crippen LogP contribution in [0.25, 0.3) is 0 Å². The Morgan fingerprint density at radius 2 is 2.19 bits per heavy atom. The predicted molar refractivity (Wildman–Crippen MR) is 60.4 cm³/mol. The summed E-state index contributed by atoms with van der Waals surface area (Å²) < 4.78 is 25.8. The molecule has 1 N–H and O–H groups in total. The summed E-state index contributed by atoms with van der Waals surface area (Å²) in [6.45, 7) is 3.42. The third-order valence-corrected chi connectivity index (χ3v) is 5.13. The number of H-pyrrole nitrogens is 1. The molecule has 0 amide bonds. The summed E-state index contributed by atoms with van der Waals surface area (Å²) in [6, 6.07) is 0. The molecule has 0 aliphatic carbocycles. The van der Waals surface area contributed by atoms with E-state index < -0.39 is 10.0 Å². The molecule has 0 radical (unpaired) electrons. The highest BCUT2D eigenvalue weighted by Gasteiger charge is 2.29. The van der Waals surface area contributed by atoms with Crippen LogP contribution in [0.15, 0.2) is 17.3 Å². The van der Waals surface area contributed by atoms with Crippen molar-refractivity contribution in [3.8, 4) is 0 Å². The van der Waals surface area contributed by atoms with Gasteiger partial charge in [-0.15, -0.1) is 0 Å². The number of hydrogen-bond acceptors (Lipinski definition) is 3. The van der Waals surface area contributed by atoms with Crippen LogP contribution in [0.1, 0.15) is 26.2 Å². The molecule has 2 rings (SSSR count). The van der Waals surface area contributed by atoms with Gasteiger partial charge in [-0.3, -0.25) is 5.10 Å². The maximum Gasteiger partial charge on any atom is 0.246 e. The zero-order valence-electron chi connectivity index (χ0n) is 9.39. The fourth-order valence-electron chi connectivity index (χ4n) is 2.09. The summed E-state index contributed by atoms with van der Waals surface area (Å²) in [7, 11) is -3.31. The monoisotopic (exact) mass is 243 g/mol. The molecule has 90 valence electrons. The second-order valence-corrected chi connectivity index (χ2v) is 6.13. The molecule has 6 heteroatoms. The quantitative estimate of drug-likeness (QED) is 0.868. The van der Waals surface area contributed by atoms with Crippen molar-refractivity contribution in [1.82, 2.24) is 14.5 Å². The lowest BCUT2D eigenvalue weighted by Crippen LogP contribution is -2.38. The fraction of sp³-hybridized carbons (Fsp3) is 0.700. The van der Waals surface area contributed by atoms with Crippen LogP contribution in [0.3, 0.4) is 0 Å². The van der Waals surface area contributed by atoms with Crippen LogP contribution in [0.4, 0.5) is 0 Å². The molecule has 16 heavy (non-hydrogen) atoms. The number of sulfonamides is 1. The lowest BCUT2D eigenvalue weighted by atomic mass is 9.96. The summed E-state index contributed by atoms with van der Waals surface area (Å²) >= 11 is 0. The number of aromatic nitrogens is 2. The summed E-state index contributed by atoms with van der Waals surface area (Å²) in [5.41, 5.74) is 0. The number of piperidine rings is 1. The van der Waals surface area contributed by atoms with Gasteiger partial charge in [0.2, 0.25) is 10.0 Å². The second-order valence-electron chi connectivity index (χ2n) is 4.19. The molecular formula is C10H17N3O2S. The van der Waals surface area contributed by atoms with E-state index in [4.69, 9.17) is 0 Å². The molecule has 5 nitrogen and oxygen atoms in total. The lowest BCUT2D eigenvalue weighted by Gasteiger charge is -2.30. The maximum atomic E-state index is 12.1. The van der Waals surface area contributed by atoms with Crippen molar-refractivity contribution in [1.29, 1.82) is 0 Å². The molecule has 0 atom stereocenters. The summed E-state index contributed by atoms with van der Waals surface area (Å²) in [4.78, 5) is 0.266. The van der Waals surface area contributed by atoms with Crippen LogP contribution in [0.2, 0.25) is 0 Å². The molecule has 0 spiro atoms. The van der Waals surface area contributed by atoms with E-state index >= 15 is 0 Å². The van der Waals surface area contributed by atoms with E-state index in [9.17, 15) is 8.42 Å². The van der Waals surface area contributed by atoms with Crippen molar-refractivity contribution >= 4 is 10.0 Å². The Morgan fingerprint density at radius 3 is 2.69 bits per heavy atom. The van der Waals surface area contributed by atoms with Crippen molar-refractivity contribution < 1.29 is 8.42 Å². The predicted octanol–water partition coefficient (Wildman–Crippen LogP) is 1.22. The van der Waals surface area contributed by atoms with Gasteiger partial charge >= 0.3 is 0 Å². The third-order valence-electron chi connectivity index (χ3n) is 3.26. The SMILES string of the molecule is CCC1CCN(S(=O)(=O)c2cn[nH]c2)CC1. The molecule has 0 saturated carbocycles. The zero-order valence-corrected chi connectivity index (χ0v) is 10.2. The van der Waals surface area contributed by atoms with Gasteiger partial charge in [-0.1, -0.05) is 13.3 Å². The van der Waals surface area contributed by atoms with Crippen molar-refractivity contribution in [2.24, 2.45) is 5.92 Å². The second kappa shape index (κ2) is 4.55. The number of nitrogens with one attached hydrogen (secondary N) is 1. The van der Waals surface area contributed by atoms with Crippen LogP contribution >= 0.6 is 0 Å². The third kappa shape index (κ3) is 2.12. The first-order chi connectivity index (χ1) is 7.64. The molecule has 1 aliphatic heterocycles. The molecule has 0 bridgehead atoms. The molecule has 1 aromatic rings. The van der Waals surface area contributed by atoms with Crippen molar-refractivity contribution in [3.63, 3.8) is 0 Å². The van der Waals surface area contributed by atoms with Gasteiger partial charge in [0.05, 0.1) is 6.20 Å². The topological polar surface area (TPSA) is 66.1 Å². The van der Waals surface area contributed by atoms with Crippen molar-refractivity contribution in [2.45, 2.75) is 31.1 Å². The highest BCUT2D eigenvalue weighted by atomic mass is 32.2. The minimum absolute atomic E-state index is 0.266. The van der Waals surface area contributed by atoms with Crippen LogP contribution in [0.5, 0.6) is 0 Å². The number of rotatable bonds is 3. The first-order valence-corrected chi connectivity index (χ1v) is 7.07. The first-order valence-electron chi connectivity index (χ1n) is 5.63. The van der Waals surface area contributed by atoms with Gasteiger partial charge in [0.15, 0.2) is 0 Å². The van der Waals surface area contributed by atoms with Crippen LogP contribution < -0.4 is 0 Å². The van der Waals surface area contributed by atoms with E-state index in [-0.39, 0.29) is 4.90 Å². The molecule has 1 aliphatic rings. The van der Waals surface area contributed by atoms with Crippen LogP contribution in [0, 0.1) is 5.92 Å². The Balaban J connectivity index is 2.09. The van der Waals surface area contributed by atoms with Gasteiger partial charge in [-0.05, 0) is 18.8 Å². The summed E-state index contributed by atoms with van der Waals surface area (Å²) in [5, 5.41) is 6.22. The Morgan fingerprint density at radius 1 is 1.50 bits per heavy atom. The smallest absolute Gasteiger partial charge is 0.246 e. The largest absolute Gasteiger partial charge is 0.284 e. The number of nitrogens with zero attached hydrogens (tertiary/aromatic N) is 2. The molecule has 0 unspecified atom stereocenters. The van der Waals surface area contributed by atoms with Gasteiger partial charge in [0.1, 0.15) is 4.90 Å². The first kappa shape index (κ1) is 11.6. The van der Waals surface area contributed by atoms with Crippen LogP contribution in [-0.4, -0.2) is 36.0 Å². The molecular weight excluding hydrogens is 226 g/mol. The Hall–Kier alpha value is -0.880. The average molecular weight is 243 g/mol. The summed E-state index contributed by atoms with van der Waals surface area (Å²) in [5.74, 6) is 0.677. The molecule has 1 saturated heterocycles. The minimum atomic E-state index is -3.31. The van der Waals surface area contributed by atoms with Gasteiger partial charge < -0.3 is 0 Å². The highest BCUT2D eigenvalue weighted by molar-refractivity contribution is 7.89. The number of hydrogen-bond donors (Lipinski definition) is 1. The van der Waals surface area contributed by atoms with Gasteiger partial charge in [0.25, 0.3) is 0 Å². The van der Waals surface area contributed by atoms with E-state index in [2.05, 4.69) is 17.1 Å². The Labute approximate surface area is 95.9 Å². The average Bonchev–Trinajstić information content (AvgIpc) is 2.83. The Kier molecular flexibility index (Phi) is 3.30. The maximum absolute atomic E-state index is 12.1. The van der Waals surface area contributed by atoms with Crippen molar-refractivity contribution in [2.75, 3.05) is 13.1 Å². The highest BCUT2D eigenvalue weighted by Crippen LogP contribution is 2.24. The zero-order chi connectivity index (χ0) is 11.6. The van der Waals surface area contributed by atoms with Crippen molar-refractivity contribution in [3.05, 3.63) is 12.4 Å². The molecule has 1 fully saturated rings. The van der Waals surface area contributed by atoms with E-state index in [0.29, 0.717) is 19.0 Å².